The number of hydrogen-bond acceptors (Lipinski definition) is 1. The predicted octanol–water partition coefficient (Wildman–Crippen LogP) is 6.80. The number of aliphatic hydroxyl groups is 1. The lowest BCUT2D eigenvalue weighted by molar-refractivity contribution is 0.440. The summed E-state index contributed by atoms with van der Waals surface area (Å²) >= 11 is 0. The van der Waals surface area contributed by atoms with Crippen molar-refractivity contribution in [2.45, 2.75) is 48.5 Å². The van der Waals surface area contributed by atoms with Gasteiger partial charge in [0.25, 0.3) is 0 Å². The van der Waals surface area contributed by atoms with E-state index in [1.165, 1.54) is 0 Å². The summed E-state index contributed by atoms with van der Waals surface area (Å²) in [6.07, 6.45) is 5.63. The maximum Gasteiger partial charge on any atom is 0.116 e. The minimum atomic E-state index is 0.0919. The zero-order valence-electron chi connectivity index (χ0n) is 14.3. The van der Waals surface area contributed by atoms with E-state index in [0.717, 1.165) is 11.1 Å². The number of rotatable bonds is 3. The van der Waals surface area contributed by atoms with Crippen molar-refractivity contribution in [3.8, 4) is 0 Å². The largest absolute Gasteiger partial charge is 0.508 e. The summed E-state index contributed by atoms with van der Waals surface area (Å²) in [5, 5.41) is 9.40. The molecule has 1 nitrogen and oxygen atoms in total. The van der Waals surface area contributed by atoms with E-state index in [2.05, 4.69) is 6.58 Å². The lowest BCUT2D eigenvalue weighted by Gasteiger charge is -2.04. The van der Waals surface area contributed by atoms with Crippen LogP contribution in [0.25, 0.3) is 5.57 Å². The molecule has 0 spiro atoms. The molecule has 1 heteroatoms. The highest BCUT2D eigenvalue weighted by atomic mass is 16.3. The molecule has 0 aromatic heterocycles. The average molecular weight is 276 g/mol. The first kappa shape index (κ1) is 23.3. The van der Waals surface area contributed by atoms with Gasteiger partial charge >= 0.3 is 0 Å². The van der Waals surface area contributed by atoms with Gasteiger partial charge in [-0.25, -0.2) is 0 Å². The molecule has 0 saturated heterocycles. The lowest BCUT2D eigenvalue weighted by Crippen LogP contribution is -1.86. The van der Waals surface area contributed by atoms with Gasteiger partial charge < -0.3 is 5.11 Å². The van der Waals surface area contributed by atoms with Gasteiger partial charge in [0, 0.05) is 5.57 Å². The molecule has 0 fully saturated rings. The van der Waals surface area contributed by atoms with Gasteiger partial charge in [0.15, 0.2) is 0 Å². The summed E-state index contributed by atoms with van der Waals surface area (Å²) in [7, 11) is 0. The van der Waals surface area contributed by atoms with Crippen LogP contribution in [-0.4, -0.2) is 5.11 Å². The Morgan fingerprint density at radius 3 is 1.75 bits per heavy atom. The van der Waals surface area contributed by atoms with Gasteiger partial charge in [-0.1, -0.05) is 96.7 Å². The number of aliphatic hydroxyl groups excluding tert-OH is 1. The maximum atomic E-state index is 9.40. The Labute approximate surface area is 126 Å². The topological polar surface area (TPSA) is 20.2 Å². The molecular weight excluding hydrogens is 244 g/mol. The molecular formula is C19H32O. The molecule has 0 aliphatic carbocycles. The van der Waals surface area contributed by atoms with Crippen molar-refractivity contribution in [2.24, 2.45) is 0 Å². The Morgan fingerprint density at radius 2 is 1.40 bits per heavy atom. The molecule has 20 heavy (non-hydrogen) atoms. The minimum Gasteiger partial charge on any atom is -0.508 e. The summed E-state index contributed by atoms with van der Waals surface area (Å²) in [6.45, 7) is 17.5. The predicted molar refractivity (Wildman–Crippen MR) is 95.0 cm³/mol. The Morgan fingerprint density at radius 1 is 0.950 bits per heavy atom. The molecule has 0 aliphatic rings. The summed E-state index contributed by atoms with van der Waals surface area (Å²) in [6, 6.07) is 9.69. The van der Waals surface area contributed by atoms with Gasteiger partial charge in [-0.05, 0) is 12.5 Å². The van der Waals surface area contributed by atoms with Crippen molar-refractivity contribution >= 4 is 5.57 Å². The Balaban J connectivity index is -0.000000425. The highest BCUT2D eigenvalue weighted by Crippen LogP contribution is 2.19. The van der Waals surface area contributed by atoms with Crippen molar-refractivity contribution in [2.75, 3.05) is 0 Å². The summed E-state index contributed by atoms with van der Waals surface area (Å²) in [5.74, 6) is 0.0919. The third-order valence-electron chi connectivity index (χ3n) is 1.85. The van der Waals surface area contributed by atoms with Crippen LogP contribution in [0.4, 0.5) is 0 Å². The first-order chi connectivity index (χ1) is 9.75. The quantitative estimate of drug-likeness (QED) is 0.475. The summed E-state index contributed by atoms with van der Waals surface area (Å²) < 4.78 is 0. The van der Waals surface area contributed by atoms with Gasteiger partial charge in [0.05, 0.1) is 0 Å². The zero-order chi connectivity index (χ0) is 16.4. The lowest BCUT2D eigenvalue weighted by atomic mass is 10.0. The van der Waals surface area contributed by atoms with Crippen LogP contribution in [0.1, 0.15) is 54.0 Å². The van der Waals surface area contributed by atoms with Crippen LogP contribution in [0.3, 0.4) is 0 Å². The molecule has 0 unspecified atom stereocenters. The van der Waals surface area contributed by atoms with Gasteiger partial charge in [-0.15, -0.1) is 0 Å². The van der Waals surface area contributed by atoms with Crippen LogP contribution in [0.5, 0.6) is 0 Å². The Hall–Kier alpha value is -1.76. The fourth-order valence-electron chi connectivity index (χ4n) is 1.17. The Kier molecular flexibility index (Phi) is 22.8. The fraction of sp³-hybridized carbons (Fsp3) is 0.368. The van der Waals surface area contributed by atoms with E-state index >= 15 is 0 Å². The highest BCUT2D eigenvalue weighted by molar-refractivity contribution is 5.77. The van der Waals surface area contributed by atoms with Crippen molar-refractivity contribution in [1.29, 1.82) is 0 Å². The van der Waals surface area contributed by atoms with Crippen LogP contribution in [0, 0.1) is 0 Å². The summed E-state index contributed by atoms with van der Waals surface area (Å²) in [4.78, 5) is 0. The molecule has 1 rings (SSSR count). The number of benzene rings is 1. The third kappa shape index (κ3) is 11.3. The van der Waals surface area contributed by atoms with E-state index < -0.39 is 0 Å². The molecule has 1 N–H and O–H groups in total. The molecule has 0 amide bonds. The standard InChI is InChI=1S/C13H14O.3C2H6/c1-3-4-10-13(11(2)14)12-8-6-5-7-9-12;3*1-2/h3-10,14H,2H2,1H3;3*1-2H3/b4-3-,13-10+;;;. The first-order valence-electron chi connectivity index (χ1n) is 7.52. The monoisotopic (exact) mass is 276 g/mol. The van der Waals surface area contributed by atoms with E-state index in [9.17, 15) is 5.11 Å². The normalized spacial score (nSPS) is 9.25. The molecule has 0 bridgehead atoms. The van der Waals surface area contributed by atoms with Crippen LogP contribution in [0.15, 0.2) is 60.9 Å². The Bertz CT molecular complexity index is 359. The highest BCUT2D eigenvalue weighted by Gasteiger charge is 2.01. The maximum absolute atomic E-state index is 9.40. The SMILES string of the molecule is C=C(O)/C(=C\C=C/C)c1ccccc1.CC.CC.CC. The smallest absolute Gasteiger partial charge is 0.116 e. The molecule has 114 valence electrons. The van der Waals surface area contributed by atoms with Crippen molar-refractivity contribution in [1.82, 2.24) is 0 Å². The second kappa shape index (κ2) is 19.6. The van der Waals surface area contributed by atoms with Crippen LogP contribution in [-0.2, 0) is 0 Å². The van der Waals surface area contributed by atoms with Crippen molar-refractivity contribution in [3.05, 3.63) is 66.5 Å². The van der Waals surface area contributed by atoms with E-state index in [1.54, 1.807) is 0 Å². The second-order valence-corrected chi connectivity index (χ2v) is 2.92. The van der Waals surface area contributed by atoms with Crippen molar-refractivity contribution < 1.29 is 5.11 Å². The second-order valence-electron chi connectivity index (χ2n) is 2.92. The molecule has 0 aliphatic heterocycles. The van der Waals surface area contributed by atoms with Gasteiger partial charge in [0.1, 0.15) is 5.76 Å². The fourth-order valence-corrected chi connectivity index (χ4v) is 1.17. The van der Waals surface area contributed by atoms with Crippen molar-refractivity contribution in [3.63, 3.8) is 0 Å². The van der Waals surface area contributed by atoms with Crippen LogP contribution < -0.4 is 0 Å². The van der Waals surface area contributed by atoms with Gasteiger partial charge in [-0.3, -0.25) is 0 Å². The molecule has 0 radical (unpaired) electrons. The third-order valence-corrected chi connectivity index (χ3v) is 1.85. The summed E-state index contributed by atoms with van der Waals surface area (Å²) in [5.41, 5.74) is 1.72. The zero-order valence-corrected chi connectivity index (χ0v) is 14.3. The van der Waals surface area contributed by atoms with Gasteiger partial charge in [0.2, 0.25) is 0 Å². The molecule has 0 heterocycles. The minimum absolute atomic E-state index is 0.0919. The average Bonchev–Trinajstić information content (AvgIpc) is 2.54. The van der Waals surface area contributed by atoms with E-state index in [0.29, 0.717) is 0 Å². The molecule has 1 aromatic rings. The first-order valence-corrected chi connectivity index (χ1v) is 7.52. The van der Waals surface area contributed by atoms with Crippen LogP contribution >= 0.6 is 0 Å². The molecule has 0 atom stereocenters. The van der Waals surface area contributed by atoms with Gasteiger partial charge in [-0.2, -0.15) is 0 Å². The van der Waals surface area contributed by atoms with E-state index in [1.807, 2.05) is 97.0 Å². The molecule has 0 saturated carbocycles. The number of hydrogen-bond donors (Lipinski definition) is 1. The molecule has 1 aromatic carbocycles. The van der Waals surface area contributed by atoms with E-state index in [-0.39, 0.29) is 5.76 Å². The number of allylic oxidation sites excluding steroid dienone is 4. The van der Waals surface area contributed by atoms with Crippen LogP contribution in [0.2, 0.25) is 0 Å². The van der Waals surface area contributed by atoms with E-state index in [4.69, 9.17) is 0 Å².